The number of nitrogens with two attached hydrogens (primary N) is 1. The van der Waals surface area contributed by atoms with Gasteiger partial charge in [-0.25, -0.2) is 4.79 Å². The van der Waals surface area contributed by atoms with Crippen LogP contribution in [0.25, 0.3) is 0 Å². The molecular weight excluding hydrogens is 488 g/mol. The average Bonchev–Trinajstić information content (AvgIpc) is 2.81. The lowest BCUT2D eigenvalue weighted by Crippen LogP contribution is -2.57. The number of carbonyl (C=O) groups is 4. The minimum atomic E-state index is -1.30. The minimum absolute atomic E-state index is 0.259. The van der Waals surface area contributed by atoms with Crippen LogP contribution in [0.2, 0.25) is 0 Å². The summed E-state index contributed by atoms with van der Waals surface area (Å²) in [5.41, 5.74) is 5.74. The van der Waals surface area contributed by atoms with E-state index in [1.807, 2.05) is 6.07 Å². The number of methoxy groups -OCH3 is 1. The van der Waals surface area contributed by atoms with E-state index < -0.39 is 47.9 Å². The number of primary amides is 1. The lowest BCUT2D eigenvalue weighted by Gasteiger charge is -2.43. The summed E-state index contributed by atoms with van der Waals surface area (Å²) < 4.78 is 10.5. The molecule has 4 N–H and O–H groups in total. The van der Waals surface area contributed by atoms with Gasteiger partial charge in [0.1, 0.15) is 23.4 Å². The van der Waals surface area contributed by atoms with Gasteiger partial charge in [-0.05, 0) is 69.9 Å². The van der Waals surface area contributed by atoms with E-state index in [0.29, 0.717) is 29.8 Å². The normalized spacial score (nSPS) is 14.8. The molecule has 3 rings (SSSR count). The summed E-state index contributed by atoms with van der Waals surface area (Å²) in [5.74, 6) is -1.15. The van der Waals surface area contributed by atoms with Crippen LogP contribution in [0.5, 0.6) is 5.75 Å². The minimum Gasteiger partial charge on any atom is -0.497 e. The van der Waals surface area contributed by atoms with Crippen molar-refractivity contribution < 1.29 is 28.7 Å². The zero-order valence-electron chi connectivity index (χ0n) is 22.2. The highest BCUT2D eigenvalue weighted by atomic mass is 16.6. The van der Waals surface area contributed by atoms with E-state index in [1.54, 1.807) is 76.4 Å². The van der Waals surface area contributed by atoms with Crippen molar-refractivity contribution in [3.8, 4) is 5.75 Å². The lowest BCUT2D eigenvalue weighted by atomic mass is 9.88. The van der Waals surface area contributed by atoms with Crippen molar-refractivity contribution in [2.45, 2.75) is 70.2 Å². The molecular formula is C28H36N4O6. The van der Waals surface area contributed by atoms with Crippen LogP contribution in [0.3, 0.4) is 0 Å². The van der Waals surface area contributed by atoms with Gasteiger partial charge in [-0.2, -0.15) is 0 Å². The molecule has 1 aliphatic carbocycles. The molecule has 0 radical (unpaired) electrons. The Hall–Kier alpha value is -4.08. The van der Waals surface area contributed by atoms with E-state index in [1.165, 1.54) is 4.90 Å². The van der Waals surface area contributed by atoms with Crippen LogP contribution in [-0.4, -0.2) is 53.5 Å². The fourth-order valence-electron chi connectivity index (χ4n) is 4.17. The first-order chi connectivity index (χ1) is 18.0. The number of carbonyl (C=O) groups excluding carboxylic acids is 4. The van der Waals surface area contributed by atoms with Crippen molar-refractivity contribution in [3.05, 3.63) is 60.2 Å². The summed E-state index contributed by atoms with van der Waals surface area (Å²) in [6, 6.07) is 13.2. The van der Waals surface area contributed by atoms with Gasteiger partial charge in [0.15, 0.2) is 0 Å². The van der Waals surface area contributed by atoms with Crippen LogP contribution in [0.4, 0.5) is 10.5 Å². The molecule has 0 saturated heterocycles. The van der Waals surface area contributed by atoms with Gasteiger partial charge in [-0.1, -0.05) is 30.3 Å². The summed E-state index contributed by atoms with van der Waals surface area (Å²) in [6.07, 6.45) is 0.949. The zero-order chi connectivity index (χ0) is 27.9. The van der Waals surface area contributed by atoms with Gasteiger partial charge < -0.3 is 30.7 Å². The van der Waals surface area contributed by atoms with Gasteiger partial charge in [-0.3, -0.25) is 14.4 Å². The summed E-state index contributed by atoms with van der Waals surface area (Å²) in [4.78, 5) is 53.7. The maximum atomic E-state index is 14.0. The molecule has 0 heterocycles. The van der Waals surface area contributed by atoms with Crippen LogP contribution in [0.1, 0.15) is 58.1 Å². The standard InChI is InChI=1S/C28H36N4O6/c1-28(2,3)38-27(36)31-22(17-23(29)33)26(35)32(20-11-8-12-20)24(18-9-6-5-7-10-18)25(34)30-19-13-15-21(37-4)16-14-19/h5-7,9-10,13-16,20,22,24H,8,11-12,17H2,1-4H3,(H2,29,33)(H,30,34)(H,31,36). The Labute approximate surface area is 222 Å². The van der Waals surface area contributed by atoms with Crippen LogP contribution in [-0.2, 0) is 19.1 Å². The van der Waals surface area contributed by atoms with E-state index in [-0.39, 0.29) is 6.04 Å². The number of nitrogens with one attached hydrogen (secondary N) is 2. The molecule has 0 spiro atoms. The molecule has 1 fully saturated rings. The molecule has 0 bridgehead atoms. The number of benzene rings is 2. The molecule has 38 heavy (non-hydrogen) atoms. The van der Waals surface area contributed by atoms with Gasteiger partial charge in [-0.15, -0.1) is 0 Å². The highest BCUT2D eigenvalue weighted by Gasteiger charge is 2.42. The molecule has 2 aromatic rings. The van der Waals surface area contributed by atoms with E-state index in [9.17, 15) is 19.2 Å². The van der Waals surface area contributed by atoms with E-state index in [2.05, 4.69) is 10.6 Å². The van der Waals surface area contributed by atoms with E-state index in [4.69, 9.17) is 15.2 Å². The number of alkyl carbamates (subject to hydrolysis) is 1. The first-order valence-electron chi connectivity index (χ1n) is 12.6. The van der Waals surface area contributed by atoms with Gasteiger partial charge in [0.05, 0.1) is 13.5 Å². The summed E-state index contributed by atoms with van der Waals surface area (Å²) in [6.45, 7) is 5.06. The highest BCUT2D eigenvalue weighted by molar-refractivity contribution is 6.00. The molecule has 2 unspecified atom stereocenters. The molecule has 0 aromatic heterocycles. The number of hydrogen-bond donors (Lipinski definition) is 3. The predicted octanol–water partition coefficient (Wildman–Crippen LogP) is 3.52. The van der Waals surface area contributed by atoms with Crippen molar-refractivity contribution in [3.63, 3.8) is 0 Å². The van der Waals surface area contributed by atoms with Gasteiger partial charge in [0.25, 0.3) is 5.91 Å². The Balaban J connectivity index is 1.97. The van der Waals surface area contributed by atoms with Crippen molar-refractivity contribution >= 4 is 29.5 Å². The van der Waals surface area contributed by atoms with Crippen LogP contribution in [0.15, 0.2) is 54.6 Å². The molecule has 10 nitrogen and oxygen atoms in total. The third-order valence-electron chi connectivity index (χ3n) is 6.12. The molecule has 1 saturated carbocycles. The maximum Gasteiger partial charge on any atom is 0.408 e. The Morgan fingerprint density at radius 1 is 1.03 bits per heavy atom. The van der Waals surface area contributed by atoms with E-state index in [0.717, 1.165) is 6.42 Å². The average molecular weight is 525 g/mol. The number of hydrogen-bond acceptors (Lipinski definition) is 6. The van der Waals surface area contributed by atoms with Crippen molar-refractivity contribution in [1.29, 1.82) is 0 Å². The maximum absolute atomic E-state index is 14.0. The summed E-state index contributed by atoms with van der Waals surface area (Å²) >= 11 is 0. The topological polar surface area (TPSA) is 140 Å². The molecule has 10 heteroatoms. The first kappa shape index (κ1) is 28.5. The second-order valence-electron chi connectivity index (χ2n) is 10.2. The molecule has 204 valence electrons. The third kappa shape index (κ3) is 7.71. The van der Waals surface area contributed by atoms with Gasteiger partial charge >= 0.3 is 6.09 Å². The Morgan fingerprint density at radius 3 is 2.16 bits per heavy atom. The lowest BCUT2D eigenvalue weighted by molar-refractivity contribution is -0.146. The van der Waals surface area contributed by atoms with Gasteiger partial charge in [0.2, 0.25) is 11.8 Å². The van der Waals surface area contributed by atoms with E-state index >= 15 is 0 Å². The zero-order valence-corrected chi connectivity index (χ0v) is 22.2. The monoisotopic (exact) mass is 524 g/mol. The summed E-state index contributed by atoms with van der Waals surface area (Å²) in [5, 5.41) is 5.39. The third-order valence-corrected chi connectivity index (χ3v) is 6.12. The van der Waals surface area contributed by atoms with Crippen LogP contribution in [0, 0.1) is 0 Å². The molecule has 2 aromatic carbocycles. The molecule has 0 aliphatic heterocycles. The predicted molar refractivity (Wildman–Crippen MR) is 142 cm³/mol. The second-order valence-corrected chi connectivity index (χ2v) is 10.2. The molecule has 1 aliphatic rings. The highest BCUT2D eigenvalue weighted by Crippen LogP contribution is 2.34. The molecule has 2 atom stereocenters. The number of anilines is 1. The quantitative estimate of drug-likeness (QED) is 0.434. The Morgan fingerprint density at radius 2 is 1.66 bits per heavy atom. The number of ether oxygens (including phenoxy) is 2. The van der Waals surface area contributed by atoms with Crippen molar-refractivity contribution in [1.82, 2.24) is 10.2 Å². The van der Waals surface area contributed by atoms with Gasteiger partial charge in [0, 0.05) is 11.7 Å². The van der Waals surface area contributed by atoms with Crippen LogP contribution >= 0.6 is 0 Å². The molecule has 4 amide bonds. The Kier molecular flexibility index (Phi) is 9.33. The second kappa shape index (κ2) is 12.4. The fraction of sp³-hybridized carbons (Fsp3) is 0.429. The SMILES string of the molecule is COc1ccc(NC(=O)C(c2ccccc2)N(C(=O)C(CC(N)=O)NC(=O)OC(C)(C)C)C2CCC2)cc1. The summed E-state index contributed by atoms with van der Waals surface area (Å²) in [7, 11) is 1.55. The first-order valence-corrected chi connectivity index (χ1v) is 12.6. The number of amides is 4. The number of rotatable bonds is 10. The van der Waals surface area contributed by atoms with Crippen LogP contribution < -0.4 is 21.1 Å². The van der Waals surface area contributed by atoms with Crippen molar-refractivity contribution in [2.75, 3.05) is 12.4 Å². The van der Waals surface area contributed by atoms with Crippen molar-refractivity contribution in [2.24, 2.45) is 5.73 Å². The Bertz CT molecular complexity index is 1130. The largest absolute Gasteiger partial charge is 0.497 e. The number of nitrogens with zero attached hydrogens (tertiary/aromatic N) is 1. The smallest absolute Gasteiger partial charge is 0.408 e. The fourth-order valence-corrected chi connectivity index (χ4v) is 4.17.